The smallest absolute Gasteiger partial charge is 0.333 e. The van der Waals surface area contributed by atoms with Crippen LogP contribution in [-0.4, -0.2) is 56.5 Å². The molecule has 11 nitrogen and oxygen atoms in total. The van der Waals surface area contributed by atoms with Crippen molar-refractivity contribution in [1.29, 1.82) is 5.26 Å². The summed E-state index contributed by atoms with van der Waals surface area (Å²) in [7, 11) is 1.56. The van der Waals surface area contributed by atoms with E-state index in [0.29, 0.717) is 45.2 Å². The van der Waals surface area contributed by atoms with E-state index in [0.717, 1.165) is 17.4 Å². The van der Waals surface area contributed by atoms with Gasteiger partial charge < -0.3 is 14.4 Å². The fraction of sp³-hybridized carbons (Fsp3) is 0.433. The molecular formula is C30H34N6O5S. The number of para-hydroxylation sites is 1. The van der Waals surface area contributed by atoms with Gasteiger partial charge in [0.25, 0.3) is 5.56 Å². The Kier molecular flexibility index (Phi) is 8.34. The van der Waals surface area contributed by atoms with Crippen molar-refractivity contribution >= 4 is 27.5 Å². The molecule has 1 unspecified atom stereocenters. The van der Waals surface area contributed by atoms with Crippen molar-refractivity contribution < 1.29 is 14.3 Å². The van der Waals surface area contributed by atoms with Gasteiger partial charge in [0, 0.05) is 36.6 Å². The number of aryl methyl sites for hydroxylation is 1. The van der Waals surface area contributed by atoms with Crippen LogP contribution in [-0.2, 0) is 21.6 Å². The minimum Gasteiger partial charge on any atom is -0.496 e. The lowest BCUT2D eigenvalue weighted by atomic mass is 10.0. The maximum Gasteiger partial charge on any atom is 0.333 e. The highest BCUT2D eigenvalue weighted by Crippen LogP contribution is 2.34. The highest BCUT2D eigenvalue weighted by atomic mass is 32.1. The molecule has 4 heterocycles. The number of hydrogen-bond acceptors (Lipinski definition) is 8. The van der Waals surface area contributed by atoms with E-state index in [4.69, 9.17) is 14.7 Å². The van der Waals surface area contributed by atoms with Gasteiger partial charge in [0.1, 0.15) is 27.2 Å². The van der Waals surface area contributed by atoms with Crippen LogP contribution in [0.15, 0.2) is 52.3 Å². The van der Waals surface area contributed by atoms with Gasteiger partial charge in [0.05, 0.1) is 38.1 Å². The van der Waals surface area contributed by atoms with Crippen LogP contribution in [0, 0.1) is 18.3 Å². The van der Waals surface area contributed by atoms with E-state index in [9.17, 15) is 14.4 Å². The molecule has 0 spiro atoms. The van der Waals surface area contributed by atoms with Gasteiger partial charge in [0.15, 0.2) is 0 Å². The number of carbonyl (C=O) groups is 1. The number of hydrogen-bond donors (Lipinski definition) is 0. The number of rotatable bonds is 10. The molecule has 1 fully saturated rings. The number of amides is 1. The molecule has 1 aliphatic rings. The van der Waals surface area contributed by atoms with Crippen LogP contribution in [0.4, 0.5) is 0 Å². The van der Waals surface area contributed by atoms with Gasteiger partial charge in [-0.15, -0.1) is 0 Å². The third-order valence-corrected chi connectivity index (χ3v) is 9.05. The van der Waals surface area contributed by atoms with Crippen LogP contribution in [0.3, 0.4) is 0 Å². The summed E-state index contributed by atoms with van der Waals surface area (Å²) in [6.07, 6.45) is 4.67. The van der Waals surface area contributed by atoms with Crippen molar-refractivity contribution in [3.8, 4) is 16.8 Å². The molecule has 1 atom stereocenters. The van der Waals surface area contributed by atoms with Crippen molar-refractivity contribution in [2.75, 3.05) is 26.8 Å². The van der Waals surface area contributed by atoms with Crippen molar-refractivity contribution in [2.24, 2.45) is 0 Å². The summed E-state index contributed by atoms with van der Waals surface area (Å²) in [5, 5.41) is 14.6. The molecule has 0 N–H and O–H groups in total. The molecule has 1 saturated heterocycles. The number of thiophene rings is 1. The van der Waals surface area contributed by atoms with E-state index >= 15 is 0 Å². The third kappa shape index (κ3) is 5.14. The Hall–Kier alpha value is -4.21. The standard InChI is InChI=1S/C30H34N6O5S/c1-20-24-25(37)36(30(2,3)28(38)33-15-7-8-16-33)29(39)34(27(24)42-26(20)35-17-10-14-32-35)19-23(41-18-9-13-31)21-11-5-6-12-22(21)40-4/h5-6,10-12,14,17,23H,7-9,15-16,18-19H2,1-4H3. The molecule has 1 amide bonds. The molecule has 3 aromatic heterocycles. The van der Waals surface area contributed by atoms with Crippen molar-refractivity contribution in [2.45, 2.75) is 58.2 Å². The molecule has 1 aromatic carbocycles. The van der Waals surface area contributed by atoms with E-state index in [1.54, 1.807) is 55.1 Å². The molecule has 0 bridgehead atoms. The topological polar surface area (TPSA) is 124 Å². The summed E-state index contributed by atoms with van der Waals surface area (Å²) in [5.41, 5.74) is -1.20. The van der Waals surface area contributed by atoms with Crippen molar-refractivity contribution in [3.05, 3.63) is 74.7 Å². The van der Waals surface area contributed by atoms with E-state index in [2.05, 4.69) is 11.2 Å². The molecule has 1 aliphatic heterocycles. The first-order chi connectivity index (χ1) is 20.2. The molecule has 5 rings (SSSR count). The predicted octanol–water partition coefficient (Wildman–Crippen LogP) is 3.76. The summed E-state index contributed by atoms with van der Waals surface area (Å²) < 4.78 is 16.1. The Morgan fingerprint density at radius 1 is 1.19 bits per heavy atom. The maximum absolute atomic E-state index is 14.4. The van der Waals surface area contributed by atoms with Gasteiger partial charge in [-0.25, -0.2) is 14.0 Å². The Bertz CT molecular complexity index is 1760. The lowest BCUT2D eigenvalue weighted by molar-refractivity contribution is -0.138. The van der Waals surface area contributed by atoms with Crippen molar-refractivity contribution in [3.63, 3.8) is 0 Å². The second-order valence-electron chi connectivity index (χ2n) is 10.8. The van der Waals surface area contributed by atoms with E-state index in [-0.39, 0.29) is 25.5 Å². The number of likely N-dealkylation sites (tertiary alicyclic amines) is 1. The number of benzene rings is 1. The molecule has 0 aliphatic carbocycles. The Balaban J connectivity index is 1.75. The van der Waals surface area contributed by atoms with Crippen LogP contribution < -0.4 is 16.0 Å². The highest BCUT2D eigenvalue weighted by Gasteiger charge is 2.39. The molecule has 12 heteroatoms. The summed E-state index contributed by atoms with van der Waals surface area (Å²) >= 11 is 1.28. The molecular weight excluding hydrogens is 556 g/mol. The number of ether oxygens (including phenoxy) is 2. The molecule has 4 aromatic rings. The molecule has 0 saturated carbocycles. The SMILES string of the molecule is COc1ccccc1C(Cn1c(=O)n(C(C)(C)C(=O)N2CCCC2)c(=O)c2c(C)c(-n3cccn3)sc21)OCCC#N. The number of fused-ring (bicyclic) bond motifs is 1. The van der Waals surface area contributed by atoms with Crippen LogP contribution in [0.25, 0.3) is 15.2 Å². The number of carbonyl (C=O) groups excluding carboxylic acids is 1. The Morgan fingerprint density at radius 3 is 2.60 bits per heavy atom. The maximum atomic E-state index is 14.4. The first kappa shape index (κ1) is 29.3. The second kappa shape index (κ2) is 12.0. The van der Waals surface area contributed by atoms with Gasteiger partial charge in [0.2, 0.25) is 5.91 Å². The number of nitriles is 1. The molecule has 0 radical (unpaired) electrons. The zero-order valence-corrected chi connectivity index (χ0v) is 25.0. The van der Waals surface area contributed by atoms with Gasteiger partial charge in [-0.3, -0.25) is 14.2 Å². The summed E-state index contributed by atoms with van der Waals surface area (Å²) in [4.78, 5) is 44.5. The summed E-state index contributed by atoms with van der Waals surface area (Å²) in [5.74, 6) is 0.304. The van der Waals surface area contributed by atoms with Crippen LogP contribution in [0.5, 0.6) is 5.75 Å². The van der Waals surface area contributed by atoms with Gasteiger partial charge in [-0.1, -0.05) is 29.5 Å². The van der Waals surface area contributed by atoms with Crippen LogP contribution in [0.2, 0.25) is 0 Å². The van der Waals surface area contributed by atoms with Crippen LogP contribution in [0.1, 0.15) is 50.3 Å². The Morgan fingerprint density at radius 2 is 1.93 bits per heavy atom. The van der Waals surface area contributed by atoms with Gasteiger partial charge >= 0.3 is 5.69 Å². The second-order valence-corrected chi connectivity index (χ2v) is 11.7. The minimum absolute atomic E-state index is 0.0217. The van der Waals surface area contributed by atoms with Gasteiger partial charge in [-0.05, 0) is 45.7 Å². The van der Waals surface area contributed by atoms with E-state index in [1.807, 2.05) is 25.1 Å². The zero-order chi connectivity index (χ0) is 30.0. The van der Waals surface area contributed by atoms with Gasteiger partial charge in [-0.2, -0.15) is 10.4 Å². The number of nitrogens with zero attached hydrogens (tertiary/aromatic N) is 6. The largest absolute Gasteiger partial charge is 0.496 e. The number of aromatic nitrogens is 4. The zero-order valence-electron chi connectivity index (χ0n) is 24.2. The highest BCUT2D eigenvalue weighted by molar-refractivity contribution is 7.21. The fourth-order valence-corrected chi connectivity index (χ4v) is 6.83. The third-order valence-electron chi connectivity index (χ3n) is 7.74. The molecule has 42 heavy (non-hydrogen) atoms. The van der Waals surface area contributed by atoms with Crippen LogP contribution >= 0.6 is 11.3 Å². The fourth-order valence-electron chi connectivity index (χ4n) is 5.58. The summed E-state index contributed by atoms with van der Waals surface area (Å²) in [6.45, 7) is 6.43. The predicted molar refractivity (Wildman–Crippen MR) is 159 cm³/mol. The molecule has 220 valence electrons. The quantitative estimate of drug-likeness (QED) is 0.258. The minimum atomic E-state index is -1.43. The van der Waals surface area contributed by atoms with E-state index in [1.165, 1.54) is 15.9 Å². The lowest BCUT2D eigenvalue weighted by Gasteiger charge is -2.31. The number of methoxy groups -OCH3 is 1. The van der Waals surface area contributed by atoms with E-state index < -0.39 is 22.9 Å². The average molecular weight is 591 g/mol. The monoisotopic (exact) mass is 590 g/mol. The van der Waals surface area contributed by atoms with Crippen molar-refractivity contribution in [1.82, 2.24) is 23.8 Å². The first-order valence-electron chi connectivity index (χ1n) is 13.9. The average Bonchev–Trinajstić information content (AvgIpc) is 3.76. The summed E-state index contributed by atoms with van der Waals surface area (Å²) in [6, 6.07) is 11.2. The lowest BCUT2D eigenvalue weighted by Crippen LogP contribution is -2.56. The first-order valence-corrected chi connectivity index (χ1v) is 14.7. The Labute approximate surface area is 247 Å². The normalized spacial score (nSPS) is 14.3.